The van der Waals surface area contributed by atoms with Crippen molar-refractivity contribution in [3.63, 3.8) is 0 Å². The van der Waals surface area contributed by atoms with E-state index in [4.69, 9.17) is 16.3 Å². The highest BCUT2D eigenvalue weighted by Gasteiger charge is 2.27. The van der Waals surface area contributed by atoms with Gasteiger partial charge in [-0.2, -0.15) is 5.10 Å². The topological polar surface area (TPSA) is 72.3 Å². The van der Waals surface area contributed by atoms with Crippen LogP contribution in [0.2, 0.25) is 5.02 Å². The second-order valence-corrected chi connectivity index (χ2v) is 8.18. The molecule has 4 rings (SSSR count). The van der Waals surface area contributed by atoms with E-state index in [1.54, 1.807) is 6.20 Å². The normalized spacial score (nSPS) is 20.2. The van der Waals surface area contributed by atoms with Gasteiger partial charge < -0.3 is 15.0 Å². The highest BCUT2D eigenvalue weighted by atomic mass is 35.5. The van der Waals surface area contributed by atoms with E-state index in [9.17, 15) is 4.79 Å². The minimum Gasteiger partial charge on any atom is -0.472 e. The summed E-state index contributed by atoms with van der Waals surface area (Å²) in [4.78, 5) is 18.9. The van der Waals surface area contributed by atoms with E-state index in [1.165, 1.54) is 10.2 Å². The Balaban J connectivity index is 1.42. The van der Waals surface area contributed by atoms with Gasteiger partial charge in [-0.3, -0.25) is 4.79 Å². The fourth-order valence-electron chi connectivity index (χ4n) is 4.16. The van der Waals surface area contributed by atoms with E-state index >= 15 is 0 Å². The number of aromatic nitrogens is 3. The van der Waals surface area contributed by atoms with Crippen molar-refractivity contribution in [3.05, 3.63) is 45.5 Å². The predicted molar refractivity (Wildman–Crippen MR) is 114 cm³/mol. The molecule has 8 heteroatoms. The van der Waals surface area contributed by atoms with Crippen molar-refractivity contribution in [2.24, 2.45) is 0 Å². The van der Waals surface area contributed by atoms with Gasteiger partial charge >= 0.3 is 0 Å². The highest BCUT2D eigenvalue weighted by Crippen LogP contribution is 2.29. The molecule has 0 radical (unpaired) electrons. The molecule has 0 aliphatic carbocycles. The monoisotopic (exact) mass is 417 g/mol. The number of piperidine rings is 1. The predicted octanol–water partition coefficient (Wildman–Crippen LogP) is 2.83. The minimum absolute atomic E-state index is 0.0138. The third kappa shape index (κ3) is 4.56. The van der Waals surface area contributed by atoms with Gasteiger partial charge in [-0.05, 0) is 49.9 Å². The van der Waals surface area contributed by atoms with Crippen LogP contribution in [0.1, 0.15) is 44.1 Å². The average Bonchev–Trinajstić information content (AvgIpc) is 3.20. The van der Waals surface area contributed by atoms with Crippen LogP contribution in [0.15, 0.2) is 29.3 Å². The molecule has 0 spiro atoms. The maximum Gasteiger partial charge on any atom is 0.287 e. The number of nitrogens with one attached hydrogen (secondary N) is 1. The average molecular weight is 418 g/mol. The molecule has 0 amide bonds. The van der Waals surface area contributed by atoms with Crippen LogP contribution in [0.3, 0.4) is 0 Å². The second kappa shape index (κ2) is 9.13. The smallest absolute Gasteiger partial charge is 0.287 e. The largest absolute Gasteiger partial charge is 0.472 e. The Bertz CT molecular complexity index is 897. The molecule has 1 N–H and O–H groups in total. The fourth-order valence-corrected chi connectivity index (χ4v) is 4.43. The summed E-state index contributed by atoms with van der Waals surface area (Å²) in [5.41, 5.74) is 1.76. The lowest BCUT2D eigenvalue weighted by Crippen LogP contribution is -2.29. The van der Waals surface area contributed by atoms with Gasteiger partial charge in [0.2, 0.25) is 5.88 Å². The molecule has 2 aliphatic rings. The number of nitrogens with zero attached hydrogens (tertiary/aromatic N) is 4. The summed E-state index contributed by atoms with van der Waals surface area (Å²) < 4.78 is 7.60. The van der Waals surface area contributed by atoms with Crippen LogP contribution < -0.4 is 20.5 Å². The van der Waals surface area contributed by atoms with Crippen molar-refractivity contribution in [2.75, 3.05) is 31.1 Å². The fraction of sp³-hybridized carbons (Fsp3) is 0.571. The van der Waals surface area contributed by atoms with Crippen molar-refractivity contribution >= 4 is 17.3 Å². The van der Waals surface area contributed by atoms with Crippen LogP contribution in [0.4, 0.5) is 5.69 Å². The van der Waals surface area contributed by atoms with Crippen LogP contribution in [-0.4, -0.2) is 47.0 Å². The highest BCUT2D eigenvalue weighted by molar-refractivity contribution is 6.33. The Morgan fingerprint density at radius 2 is 2.14 bits per heavy atom. The van der Waals surface area contributed by atoms with Gasteiger partial charge in [0.05, 0.1) is 18.4 Å². The number of hydrogen-bond donors (Lipinski definition) is 1. The van der Waals surface area contributed by atoms with E-state index in [0.29, 0.717) is 30.6 Å². The van der Waals surface area contributed by atoms with Gasteiger partial charge in [-0.25, -0.2) is 9.67 Å². The van der Waals surface area contributed by atoms with Crippen LogP contribution in [0, 0.1) is 0 Å². The first kappa shape index (κ1) is 20.2. The van der Waals surface area contributed by atoms with Crippen molar-refractivity contribution in [3.8, 4) is 5.88 Å². The summed E-state index contributed by atoms with van der Waals surface area (Å²) in [6, 6.07) is 4.18. The SMILES string of the molecule is CCCn1ncc(N2CC[C@@H](Oc3cc(C4CCNCC4)ccn3)C2)c(Cl)c1=O. The van der Waals surface area contributed by atoms with Crippen molar-refractivity contribution in [1.82, 2.24) is 20.1 Å². The summed E-state index contributed by atoms with van der Waals surface area (Å²) in [6.45, 7) is 6.14. The molecule has 2 saturated heterocycles. The Morgan fingerprint density at radius 3 is 2.93 bits per heavy atom. The molecule has 2 fully saturated rings. The molecule has 156 valence electrons. The lowest BCUT2D eigenvalue weighted by atomic mass is 9.91. The van der Waals surface area contributed by atoms with Gasteiger partial charge in [0.1, 0.15) is 11.1 Å². The third-order valence-corrected chi connectivity index (χ3v) is 6.10. The zero-order chi connectivity index (χ0) is 20.2. The first-order chi connectivity index (χ1) is 14.2. The van der Waals surface area contributed by atoms with E-state index in [1.807, 2.05) is 13.1 Å². The van der Waals surface area contributed by atoms with Crippen molar-refractivity contribution in [2.45, 2.75) is 51.2 Å². The van der Waals surface area contributed by atoms with Crippen LogP contribution >= 0.6 is 11.6 Å². The number of pyridine rings is 1. The number of rotatable bonds is 6. The first-order valence-electron chi connectivity index (χ1n) is 10.5. The molecule has 0 bridgehead atoms. The van der Waals surface area contributed by atoms with Gasteiger partial charge in [-0.1, -0.05) is 18.5 Å². The Labute approximate surface area is 176 Å². The van der Waals surface area contributed by atoms with Crippen molar-refractivity contribution in [1.29, 1.82) is 0 Å². The van der Waals surface area contributed by atoms with E-state index in [2.05, 4.69) is 32.4 Å². The summed E-state index contributed by atoms with van der Waals surface area (Å²) in [6.07, 6.45) is 7.54. The number of hydrogen-bond acceptors (Lipinski definition) is 6. The van der Waals surface area contributed by atoms with Gasteiger partial charge in [-0.15, -0.1) is 0 Å². The number of anilines is 1. The standard InChI is InChI=1S/C21H28ClN5O2/c1-2-10-27-21(28)20(22)18(13-25-27)26-11-6-17(14-26)29-19-12-16(5-9-24-19)15-3-7-23-8-4-15/h5,9,12-13,15,17,23H,2-4,6-8,10-11,14H2,1H3/t17-/m1/s1. The zero-order valence-corrected chi connectivity index (χ0v) is 17.6. The second-order valence-electron chi connectivity index (χ2n) is 7.80. The molecule has 7 nitrogen and oxygen atoms in total. The zero-order valence-electron chi connectivity index (χ0n) is 16.8. The Hall–Kier alpha value is -2.12. The summed E-state index contributed by atoms with van der Waals surface area (Å²) in [5, 5.41) is 7.91. The minimum atomic E-state index is -0.230. The summed E-state index contributed by atoms with van der Waals surface area (Å²) in [7, 11) is 0. The molecule has 2 aromatic rings. The number of halogens is 1. The lowest BCUT2D eigenvalue weighted by Gasteiger charge is -2.23. The molecule has 29 heavy (non-hydrogen) atoms. The van der Waals surface area contributed by atoms with Crippen LogP contribution in [-0.2, 0) is 6.54 Å². The first-order valence-corrected chi connectivity index (χ1v) is 10.9. The summed E-state index contributed by atoms with van der Waals surface area (Å²) in [5.74, 6) is 1.25. The molecule has 0 unspecified atom stereocenters. The Kier molecular flexibility index (Phi) is 6.35. The van der Waals surface area contributed by atoms with E-state index < -0.39 is 0 Å². The lowest BCUT2D eigenvalue weighted by molar-refractivity contribution is 0.215. The molecule has 2 aromatic heterocycles. The molecular weight excluding hydrogens is 390 g/mol. The molecule has 0 aromatic carbocycles. The molecule has 0 saturated carbocycles. The maximum atomic E-state index is 12.4. The van der Waals surface area contributed by atoms with Crippen LogP contribution in [0.5, 0.6) is 5.88 Å². The third-order valence-electron chi connectivity index (χ3n) is 5.74. The Morgan fingerprint density at radius 1 is 1.31 bits per heavy atom. The maximum absolute atomic E-state index is 12.4. The van der Waals surface area contributed by atoms with E-state index in [0.717, 1.165) is 45.3 Å². The summed E-state index contributed by atoms with van der Waals surface area (Å²) >= 11 is 6.36. The van der Waals surface area contributed by atoms with E-state index in [-0.39, 0.29) is 16.7 Å². The van der Waals surface area contributed by atoms with Gasteiger partial charge in [0.25, 0.3) is 5.56 Å². The number of aryl methyl sites for hydroxylation is 1. The molecule has 1 atom stereocenters. The molecule has 2 aliphatic heterocycles. The quantitative estimate of drug-likeness (QED) is 0.779. The molecular formula is C21H28ClN5O2. The van der Waals surface area contributed by atoms with Crippen LogP contribution in [0.25, 0.3) is 0 Å². The molecule has 4 heterocycles. The van der Waals surface area contributed by atoms with Gasteiger partial charge in [0, 0.05) is 31.8 Å². The number of ether oxygens (including phenoxy) is 1. The van der Waals surface area contributed by atoms with Gasteiger partial charge in [0.15, 0.2) is 0 Å². The van der Waals surface area contributed by atoms with Crippen molar-refractivity contribution < 1.29 is 4.74 Å².